The number of nitrogens with zero attached hydrogens (tertiary/aromatic N) is 1. The van der Waals surface area contributed by atoms with Gasteiger partial charge in [0.25, 0.3) is 0 Å². The average molecular weight is 302 g/mol. The second-order valence-corrected chi connectivity index (χ2v) is 4.62. The van der Waals surface area contributed by atoms with Gasteiger partial charge in [0, 0.05) is 15.6 Å². The summed E-state index contributed by atoms with van der Waals surface area (Å²) in [7, 11) is 0. The molecule has 0 aliphatic rings. The highest BCUT2D eigenvalue weighted by molar-refractivity contribution is 9.10. The first-order valence-corrected chi connectivity index (χ1v) is 6.00. The highest BCUT2D eigenvalue weighted by Gasteiger charge is 2.14. The molecule has 1 heterocycles. The van der Waals surface area contributed by atoms with Gasteiger partial charge < -0.3 is 10.3 Å². The van der Waals surface area contributed by atoms with Crippen molar-refractivity contribution in [2.24, 2.45) is 0 Å². The average Bonchev–Trinajstić information content (AvgIpc) is 2.63. The van der Waals surface area contributed by atoms with Crippen molar-refractivity contribution < 1.29 is 4.52 Å². The molecule has 3 nitrogen and oxygen atoms in total. The zero-order valence-electron chi connectivity index (χ0n) is 8.63. The van der Waals surface area contributed by atoms with E-state index in [0.29, 0.717) is 16.6 Å². The molecule has 16 heavy (non-hydrogen) atoms. The number of rotatable bonds is 2. The number of halogens is 2. The third-order valence-corrected chi connectivity index (χ3v) is 3.57. The van der Waals surface area contributed by atoms with E-state index in [1.54, 1.807) is 6.07 Å². The first-order chi connectivity index (χ1) is 7.63. The zero-order chi connectivity index (χ0) is 11.7. The molecule has 0 unspecified atom stereocenters. The predicted molar refractivity (Wildman–Crippen MR) is 68.4 cm³/mol. The Kier molecular flexibility index (Phi) is 3.21. The normalized spacial score (nSPS) is 10.7. The van der Waals surface area contributed by atoms with E-state index < -0.39 is 0 Å². The Morgan fingerprint density at radius 1 is 1.50 bits per heavy atom. The fourth-order valence-electron chi connectivity index (χ4n) is 1.53. The number of hydrogen-bond donors (Lipinski definition) is 1. The van der Waals surface area contributed by atoms with Crippen LogP contribution in [0.2, 0.25) is 5.02 Å². The van der Waals surface area contributed by atoms with E-state index in [9.17, 15) is 0 Å². The topological polar surface area (TPSA) is 52.0 Å². The monoisotopic (exact) mass is 300 g/mol. The molecule has 2 N–H and O–H groups in total. The van der Waals surface area contributed by atoms with Crippen molar-refractivity contribution in [3.05, 3.63) is 33.3 Å². The minimum Gasteiger partial charge on any atom is -0.381 e. The summed E-state index contributed by atoms with van der Waals surface area (Å²) >= 11 is 9.30. The lowest BCUT2D eigenvalue weighted by atomic mass is 10.1. The Morgan fingerprint density at radius 2 is 2.25 bits per heavy atom. The van der Waals surface area contributed by atoms with Gasteiger partial charge in [-0.1, -0.05) is 23.7 Å². The van der Waals surface area contributed by atoms with Gasteiger partial charge in [0.05, 0.1) is 5.02 Å². The van der Waals surface area contributed by atoms with Crippen LogP contribution in [0.25, 0.3) is 11.3 Å². The van der Waals surface area contributed by atoms with E-state index in [4.69, 9.17) is 21.9 Å². The Labute approximate surface area is 107 Å². The number of nitrogens with two attached hydrogens (primary N) is 1. The van der Waals surface area contributed by atoms with Gasteiger partial charge in [0.15, 0.2) is 11.6 Å². The van der Waals surface area contributed by atoms with Crippen LogP contribution in [-0.2, 0) is 6.42 Å². The maximum atomic E-state index is 5.93. The van der Waals surface area contributed by atoms with Crippen LogP contribution in [0.4, 0.5) is 5.82 Å². The molecule has 0 bridgehead atoms. The van der Waals surface area contributed by atoms with Crippen LogP contribution in [-0.4, -0.2) is 5.16 Å². The number of anilines is 1. The summed E-state index contributed by atoms with van der Waals surface area (Å²) in [5.41, 5.74) is 7.55. The molecular weight excluding hydrogens is 291 g/mol. The van der Waals surface area contributed by atoms with Crippen LogP contribution in [0.5, 0.6) is 0 Å². The summed E-state index contributed by atoms with van der Waals surface area (Å²) in [6.45, 7) is 2.01. The first-order valence-electron chi connectivity index (χ1n) is 4.83. The number of hydrogen-bond acceptors (Lipinski definition) is 3. The summed E-state index contributed by atoms with van der Waals surface area (Å²) < 4.78 is 6.05. The molecule has 5 heteroatoms. The molecule has 2 rings (SSSR count). The molecule has 0 saturated heterocycles. The summed E-state index contributed by atoms with van der Waals surface area (Å²) in [4.78, 5) is 0. The molecule has 0 spiro atoms. The molecule has 0 aliphatic heterocycles. The van der Waals surface area contributed by atoms with E-state index in [1.807, 2.05) is 19.1 Å². The van der Waals surface area contributed by atoms with Crippen molar-refractivity contribution in [1.29, 1.82) is 0 Å². The molecular formula is C11H10BrClN2O. The second kappa shape index (κ2) is 4.47. The van der Waals surface area contributed by atoms with Gasteiger partial charge in [-0.2, -0.15) is 0 Å². The van der Waals surface area contributed by atoms with Crippen LogP contribution >= 0.6 is 27.5 Å². The van der Waals surface area contributed by atoms with Crippen molar-refractivity contribution in [3.8, 4) is 11.3 Å². The molecule has 2 aromatic rings. The van der Waals surface area contributed by atoms with Crippen LogP contribution in [0.1, 0.15) is 12.5 Å². The van der Waals surface area contributed by atoms with E-state index in [1.165, 1.54) is 0 Å². The highest BCUT2D eigenvalue weighted by Crippen LogP contribution is 2.32. The molecule has 0 radical (unpaired) electrons. The van der Waals surface area contributed by atoms with E-state index >= 15 is 0 Å². The van der Waals surface area contributed by atoms with Gasteiger partial charge in [0.2, 0.25) is 0 Å². The molecule has 0 fully saturated rings. The maximum Gasteiger partial charge on any atom is 0.172 e. The molecule has 0 aliphatic carbocycles. The third kappa shape index (κ3) is 1.95. The summed E-state index contributed by atoms with van der Waals surface area (Å²) in [6, 6.07) is 5.58. The van der Waals surface area contributed by atoms with Gasteiger partial charge in [-0.05, 0) is 40.5 Å². The third-order valence-electron chi connectivity index (χ3n) is 2.35. The fourth-order valence-corrected chi connectivity index (χ4v) is 2.02. The standard InChI is InChI=1S/C11H10BrClN2O/c1-2-7-10(16-15-11(7)14)6-3-4-9(13)8(12)5-6/h3-5H,2H2,1H3,(H2,14,15). The first kappa shape index (κ1) is 11.5. The molecule has 1 aromatic heterocycles. The summed E-state index contributed by atoms with van der Waals surface area (Å²) in [5.74, 6) is 1.15. The van der Waals surface area contributed by atoms with E-state index in [0.717, 1.165) is 22.0 Å². The summed E-state index contributed by atoms with van der Waals surface area (Å²) in [5, 5.41) is 4.43. The fraction of sp³-hybridized carbons (Fsp3) is 0.182. The molecule has 0 saturated carbocycles. The van der Waals surface area contributed by atoms with Crippen molar-refractivity contribution in [3.63, 3.8) is 0 Å². The Bertz CT molecular complexity index is 525. The Morgan fingerprint density at radius 3 is 2.88 bits per heavy atom. The van der Waals surface area contributed by atoms with Crippen LogP contribution in [0, 0.1) is 0 Å². The van der Waals surface area contributed by atoms with Gasteiger partial charge >= 0.3 is 0 Å². The minimum atomic E-state index is 0.448. The predicted octanol–water partition coefficient (Wildman–Crippen LogP) is 3.90. The van der Waals surface area contributed by atoms with Crippen molar-refractivity contribution >= 4 is 33.3 Å². The molecule has 0 amide bonds. The summed E-state index contributed by atoms with van der Waals surface area (Å²) in [6.07, 6.45) is 0.783. The largest absolute Gasteiger partial charge is 0.381 e. The minimum absolute atomic E-state index is 0.448. The van der Waals surface area contributed by atoms with Gasteiger partial charge in [0.1, 0.15) is 0 Å². The smallest absolute Gasteiger partial charge is 0.172 e. The zero-order valence-corrected chi connectivity index (χ0v) is 11.0. The number of nitrogen functional groups attached to an aromatic ring is 1. The van der Waals surface area contributed by atoms with Crippen LogP contribution < -0.4 is 5.73 Å². The Hall–Kier alpha value is -1.000. The molecule has 84 valence electrons. The molecule has 0 atom stereocenters. The van der Waals surface area contributed by atoms with Crippen molar-refractivity contribution in [2.45, 2.75) is 13.3 Å². The number of benzene rings is 1. The number of aromatic nitrogens is 1. The van der Waals surface area contributed by atoms with Crippen molar-refractivity contribution in [1.82, 2.24) is 5.16 Å². The van der Waals surface area contributed by atoms with E-state index in [-0.39, 0.29) is 0 Å². The van der Waals surface area contributed by atoms with Crippen LogP contribution in [0.3, 0.4) is 0 Å². The quantitative estimate of drug-likeness (QED) is 0.915. The van der Waals surface area contributed by atoms with Crippen LogP contribution in [0.15, 0.2) is 27.2 Å². The SMILES string of the molecule is CCc1c(N)noc1-c1ccc(Cl)c(Br)c1. The second-order valence-electron chi connectivity index (χ2n) is 3.36. The van der Waals surface area contributed by atoms with E-state index in [2.05, 4.69) is 21.1 Å². The Balaban J connectivity index is 2.54. The van der Waals surface area contributed by atoms with Gasteiger partial charge in [-0.15, -0.1) is 0 Å². The van der Waals surface area contributed by atoms with Gasteiger partial charge in [-0.25, -0.2) is 0 Å². The lowest BCUT2D eigenvalue weighted by molar-refractivity contribution is 0.435. The lowest BCUT2D eigenvalue weighted by Crippen LogP contribution is -1.90. The maximum absolute atomic E-state index is 5.93. The van der Waals surface area contributed by atoms with Crippen molar-refractivity contribution in [2.75, 3.05) is 5.73 Å². The lowest BCUT2D eigenvalue weighted by Gasteiger charge is -2.01. The van der Waals surface area contributed by atoms with Gasteiger partial charge in [-0.3, -0.25) is 0 Å². The highest BCUT2D eigenvalue weighted by atomic mass is 79.9. The molecule has 1 aromatic carbocycles.